The lowest BCUT2D eigenvalue weighted by Gasteiger charge is -2.16. The van der Waals surface area contributed by atoms with E-state index in [1.165, 1.54) is 16.0 Å². The van der Waals surface area contributed by atoms with Gasteiger partial charge in [0.15, 0.2) is 0 Å². The molecule has 1 aromatic carbocycles. The van der Waals surface area contributed by atoms with E-state index in [1.807, 2.05) is 18.5 Å². The van der Waals surface area contributed by atoms with Crippen LogP contribution in [0, 0.1) is 6.92 Å². The maximum atomic E-state index is 12.6. The van der Waals surface area contributed by atoms with Crippen LogP contribution in [0.3, 0.4) is 0 Å². The number of rotatable bonds is 5. The molecule has 2 heterocycles. The maximum absolute atomic E-state index is 12.6. The van der Waals surface area contributed by atoms with Gasteiger partial charge in [0.2, 0.25) is 5.91 Å². The molecule has 0 aliphatic rings. The van der Waals surface area contributed by atoms with Gasteiger partial charge in [0, 0.05) is 22.9 Å². The largest absolute Gasteiger partial charge is 0.464 e. The van der Waals surface area contributed by atoms with Crippen molar-refractivity contribution in [3.63, 3.8) is 0 Å². The molecule has 3 aromatic rings. The highest BCUT2D eigenvalue weighted by Crippen LogP contribution is 2.29. The van der Waals surface area contributed by atoms with Crippen LogP contribution in [-0.2, 0) is 17.8 Å². The Morgan fingerprint density at radius 2 is 2.12 bits per heavy atom. The van der Waals surface area contributed by atoms with E-state index in [0.29, 0.717) is 18.9 Å². The van der Waals surface area contributed by atoms with Crippen LogP contribution in [-0.4, -0.2) is 17.9 Å². The van der Waals surface area contributed by atoms with Crippen molar-refractivity contribution in [3.05, 3.63) is 57.5 Å². The molecule has 0 saturated heterocycles. The second-order valence-corrected chi connectivity index (χ2v) is 7.66. The van der Waals surface area contributed by atoms with E-state index in [-0.39, 0.29) is 5.91 Å². The summed E-state index contributed by atoms with van der Waals surface area (Å²) in [6.07, 6.45) is 2.10. The molecule has 0 atom stereocenters. The first-order valence-corrected chi connectivity index (χ1v) is 9.10. The highest BCUT2D eigenvalue weighted by Gasteiger charge is 2.16. The first kappa shape index (κ1) is 16.8. The zero-order valence-electron chi connectivity index (χ0n) is 14.6. The van der Waals surface area contributed by atoms with E-state index in [9.17, 15) is 4.79 Å². The van der Waals surface area contributed by atoms with Gasteiger partial charge in [-0.05, 0) is 47.5 Å². The SMILES string of the molecule is Cc1cc2occ(CC(=O)N(C)Cc3cccs3)c2cc1C(C)C. The lowest BCUT2D eigenvalue weighted by molar-refractivity contribution is -0.129. The molecule has 0 bridgehead atoms. The third kappa shape index (κ3) is 3.39. The molecule has 0 spiro atoms. The second kappa shape index (κ2) is 6.81. The van der Waals surface area contributed by atoms with Crippen LogP contribution in [0.1, 0.15) is 41.3 Å². The molecule has 126 valence electrons. The van der Waals surface area contributed by atoms with Gasteiger partial charge in [0.25, 0.3) is 0 Å². The minimum Gasteiger partial charge on any atom is -0.464 e. The molecule has 4 heteroatoms. The Morgan fingerprint density at radius 3 is 2.79 bits per heavy atom. The standard InChI is InChI=1S/C20H23NO2S/c1-13(2)17-10-18-15(12-23-19(18)8-14(17)3)9-20(22)21(4)11-16-6-5-7-24-16/h5-8,10,12-13H,9,11H2,1-4H3. The summed E-state index contributed by atoms with van der Waals surface area (Å²) < 4.78 is 5.68. The Hall–Kier alpha value is -2.07. The third-order valence-electron chi connectivity index (χ3n) is 4.40. The molecule has 0 saturated carbocycles. The third-order valence-corrected chi connectivity index (χ3v) is 5.27. The Bertz CT molecular complexity index is 846. The molecule has 0 fully saturated rings. The fourth-order valence-electron chi connectivity index (χ4n) is 3.03. The number of carbonyl (C=O) groups is 1. The summed E-state index contributed by atoms with van der Waals surface area (Å²) in [5.41, 5.74) is 4.37. The maximum Gasteiger partial charge on any atom is 0.227 e. The van der Waals surface area contributed by atoms with Crippen LogP contribution in [0.25, 0.3) is 11.0 Å². The van der Waals surface area contributed by atoms with Crippen LogP contribution in [0.2, 0.25) is 0 Å². The number of furan rings is 1. The van der Waals surface area contributed by atoms with Crippen LogP contribution in [0.15, 0.2) is 40.3 Å². The summed E-state index contributed by atoms with van der Waals surface area (Å²) in [5, 5.41) is 3.09. The van der Waals surface area contributed by atoms with Gasteiger partial charge in [0.1, 0.15) is 5.58 Å². The fourth-order valence-corrected chi connectivity index (χ4v) is 3.78. The van der Waals surface area contributed by atoms with Crippen molar-refractivity contribution in [1.29, 1.82) is 0 Å². The van der Waals surface area contributed by atoms with Gasteiger partial charge in [-0.1, -0.05) is 19.9 Å². The molecule has 2 aromatic heterocycles. The topological polar surface area (TPSA) is 33.5 Å². The minimum absolute atomic E-state index is 0.109. The molecule has 0 unspecified atom stereocenters. The van der Waals surface area contributed by atoms with Crippen molar-refractivity contribution in [1.82, 2.24) is 4.90 Å². The highest BCUT2D eigenvalue weighted by molar-refractivity contribution is 7.09. The number of nitrogens with zero attached hydrogens (tertiary/aromatic N) is 1. The van der Waals surface area contributed by atoms with Crippen molar-refractivity contribution < 1.29 is 9.21 Å². The van der Waals surface area contributed by atoms with Crippen molar-refractivity contribution in [2.24, 2.45) is 0 Å². The Morgan fingerprint density at radius 1 is 1.33 bits per heavy atom. The van der Waals surface area contributed by atoms with E-state index in [4.69, 9.17) is 4.42 Å². The summed E-state index contributed by atoms with van der Waals surface area (Å²) >= 11 is 1.67. The van der Waals surface area contributed by atoms with E-state index < -0.39 is 0 Å². The number of aryl methyl sites for hydroxylation is 1. The lowest BCUT2D eigenvalue weighted by Crippen LogP contribution is -2.27. The summed E-state index contributed by atoms with van der Waals surface area (Å²) in [7, 11) is 1.86. The van der Waals surface area contributed by atoms with E-state index in [0.717, 1.165) is 16.5 Å². The first-order chi connectivity index (χ1) is 11.5. The van der Waals surface area contributed by atoms with Gasteiger partial charge in [-0.3, -0.25) is 4.79 Å². The summed E-state index contributed by atoms with van der Waals surface area (Å²) in [4.78, 5) is 15.5. The van der Waals surface area contributed by atoms with Gasteiger partial charge in [0.05, 0.1) is 19.2 Å². The average Bonchev–Trinajstić information content (AvgIpc) is 3.16. The number of hydrogen-bond donors (Lipinski definition) is 0. The number of fused-ring (bicyclic) bond motifs is 1. The van der Waals surface area contributed by atoms with E-state index in [1.54, 1.807) is 22.5 Å². The van der Waals surface area contributed by atoms with E-state index >= 15 is 0 Å². The van der Waals surface area contributed by atoms with Gasteiger partial charge in [-0.25, -0.2) is 0 Å². The smallest absolute Gasteiger partial charge is 0.227 e. The molecule has 0 aliphatic carbocycles. The molecule has 1 amide bonds. The number of hydrogen-bond acceptors (Lipinski definition) is 3. The summed E-state index contributed by atoms with van der Waals surface area (Å²) in [6, 6.07) is 8.33. The second-order valence-electron chi connectivity index (χ2n) is 6.63. The first-order valence-electron chi connectivity index (χ1n) is 8.22. The van der Waals surface area contributed by atoms with Gasteiger partial charge in [-0.2, -0.15) is 0 Å². The molecule has 3 rings (SSSR count). The molecular formula is C20H23NO2S. The Labute approximate surface area is 146 Å². The average molecular weight is 341 g/mol. The minimum atomic E-state index is 0.109. The normalized spacial score (nSPS) is 11.4. The van der Waals surface area contributed by atoms with E-state index in [2.05, 4.69) is 39.0 Å². The molecule has 3 nitrogen and oxygen atoms in total. The zero-order valence-corrected chi connectivity index (χ0v) is 15.4. The van der Waals surface area contributed by atoms with Crippen molar-refractivity contribution in [2.45, 2.75) is 39.7 Å². The lowest BCUT2D eigenvalue weighted by atomic mass is 9.95. The van der Waals surface area contributed by atoms with Crippen molar-refractivity contribution in [2.75, 3.05) is 7.05 Å². The number of benzene rings is 1. The number of amides is 1. The molecule has 0 N–H and O–H groups in total. The molecule has 0 radical (unpaired) electrons. The monoisotopic (exact) mass is 341 g/mol. The highest BCUT2D eigenvalue weighted by atomic mass is 32.1. The summed E-state index contributed by atoms with van der Waals surface area (Å²) in [5.74, 6) is 0.562. The molecular weight excluding hydrogens is 318 g/mol. The van der Waals surface area contributed by atoms with Crippen LogP contribution < -0.4 is 0 Å². The molecule has 0 aliphatic heterocycles. The fraction of sp³-hybridized carbons (Fsp3) is 0.350. The van der Waals surface area contributed by atoms with Gasteiger partial charge >= 0.3 is 0 Å². The Kier molecular flexibility index (Phi) is 4.76. The van der Waals surface area contributed by atoms with Crippen molar-refractivity contribution >= 4 is 28.2 Å². The van der Waals surface area contributed by atoms with Gasteiger partial charge < -0.3 is 9.32 Å². The van der Waals surface area contributed by atoms with Crippen LogP contribution in [0.5, 0.6) is 0 Å². The number of likely N-dealkylation sites (N-methyl/N-ethyl adjacent to an activating group) is 1. The predicted octanol–water partition coefficient (Wildman–Crippen LogP) is 5.13. The summed E-state index contributed by atoms with van der Waals surface area (Å²) in [6.45, 7) is 7.14. The van der Waals surface area contributed by atoms with Crippen LogP contribution in [0.4, 0.5) is 0 Å². The van der Waals surface area contributed by atoms with Crippen molar-refractivity contribution in [3.8, 4) is 0 Å². The zero-order chi connectivity index (χ0) is 17.3. The Balaban J connectivity index is 1.81. The predicted molar refractivity (Wildman–Crippen MR) is 99.5 cm³/mol. The van der Waals surface area contributed by atoms with Gasteiger partial charge in [-0.15, -0.1) is 11.3 Å². The van der Waals surface area contributed by atoms with Crippen LogP contribution >= 0.6 is 11.3 Å². The quantitative estimate of drug-likeness (QED) is 0.645. The number of thiophene rings is 1. The molecule has 24 heavy (non-hydrogen) atoms. The number of carbonyl (C=O) groups excluding carboxylic acids is 1.